The van der Waals surface area contributed by atoms with Crippen LogP contribution in [0.25, 0.3) is 11.1 Å². The van der Waals surface area contributed by atoms with E-state index in [1.54, 1.807) is 12.1 Å². The van der Waals surface area contributed by atoms with Crippen molar-refractivity contribution in [2.45, 2.75) is 39.0 Å². The summed E-state index contributed by atoms with van der Waals surface area (Å²) in [6.07, 6.45) is 9.30. The molecule has 2 aromatic carbocycles. The van der Waals surface area contributed by atoms with E-state index in [9.17, 15) is 13.2 Å². The smallest absolute Gasteiger partial charge is 0.159 e. The topological polar surface area (TPSA) is 0 Å². The Morgan fingerprint density at radius 1 is 1.00 bits per heavy atom. The molecule has 0 bridgehead atoms. The molecule has 0 spiro atoms. The molecule has 0 saturated heterocycles. The predicted octanol–water partition coefficient (Wildman–Crippen LogP) is 6.23. The second kappa shape index (κ2) is 7.25. The highest BCUT2D eigenvalue weighted by Crippen LogP contribution is 2.34. The molecule has 126 valence electrons. The number of allylic oxidation sites excluding steroid dienone is 2. The molecule has 0 nitrogen and oxygen atoms in total. The zero-order valence-corrected chi connectivity index (χ0v) is 13.8. The molecule has 0 heterocycles. The van der Waals surface area contributed by atoms with Crippen molar-refractivity contribution in [2.75, 3.05) is 0 Å². The molecule has 0 amide bonds. The van der Waals surface area contributed by atoms with Crippen LogP contribution < -0.4 is 0 Å². The first-order valence-electron chi connectivity index (χ1n) is 8.46. The van der Waals surface area contributed by atoms with Gasteiger partial charge in [0.1, 0.15) is 5.82 Å². The Labute approximate surface area is 141 Å². The van der Waals surface area contributed by atoms with E-state index in [-0.39, 0.29) is 5.82 Å². The average Bonchev–Trinajstić information content (AvgIpc) is 2.57. The van der Waals surface area contributed by atoms with Crippen molar-refractivity contribution in [2.24, 2.45) is 5.92 Å². The van der Waals surface area contributed by atoms with Crippen molar-refractivity contribution in [3.63, 3.8) is 0 Å². The molecule has 1 aliphatic carbocycles. The van der Waals surface area contributed by atoms with E-state index in [1.165, 1.54) is 6.07 Å². The van der Waals surface area contributed by atoms with Gasteiger partial charge in [-0.05, 0) is 85.9 Å². The van der Waals surface area contributed by atoms with E-state index in [4.69, 9.17) is 0 Å². The summed E-state index contributed by atoms with van der Waals surface area (Å²) in [6, 6.07) is 6.91. The molecule has 1 aliphatic rings. The number of fused-ring (bicyclic) bond motifs is 1. The number of hydrogen-bond acceptors (Lipinski definition) is 0. The first kappa shape index (κ1) is 16.8. The fourth-order valence-electron chi connectivity index (χ4n) is 3.48. The third-order valence-corrected chi connectivity index (χ3v) is 4.83. The Morgan fingerprint density at radius 3 is 2.58 bits per heavy atom. The summed E-state index contributed by atoms with van der Waals surface area (Å²) in [5, 5.41) is 0. The highest BCUT2D eigenvalue weighted by atomic mass is 19.2. The van der Waals surface area contributed by atoms with Crippen LogP contribution in [-0.4, -0.2) is 0 Å². The molecule has 1 atom stereocenters. The number of halogens is 3. The monoisotopic (exact) mass is 330 g/mol. The van der Waals surface area contributed by atoms with Crippen LogP contribution in [-0.2, 0) is 12.8 Å². The van der Waals surface area contributed by atoms with E-state index >= 15 is 0 Å². The molecule has 0 saturated carbocycles. The Balaban J connectivity index is 1.85. The first-order chi connectivity index (χ1) is 11.6. The fourth-order valence-corrected chi connectivity index (χ4v) is 3.48. The highest BCUT2D eigenvalue weighted by molar-refractivity contribution is 5.66. The summed E-state index contributed by atoms with van der Waals surface area (Å²) in [5.74, 6) is -1.65. The largest absolute Gasteiger partial charge is 0.206 e. The SMILES string of the molecule is C/C=C/CCC1CCc2cc(-c3ccc(F)c(F)c3)c(F)cc2C1. The van der Waals surface area contributed by atoms with Crippen molar-refractivity contribution >= 4 is 0 Å². The molecule has 0 aliphatic heterocycles. The standard InChI is InChI=1S/C21H21F3/c1-2-3-4-5-14-6-7-15-11-18(20(23)13-17(15)10-14)16-8-9-19(22)21(24)12-16/h2-3,8-9,11-14H,4-7,10H2,1H3/b3-2+. The molecule has 0 radical (unpaired) electrons. The first-order valence-corrected chi connectivity index (χ1v) is 8.46. The van der Waals surface area contributed by atoms with Crippen LogP contribution >= 0.6 is 0 Å². The minimum Gasteiger partial charge on any atom is -0.206 e. The van der Waals surface area contributed by atoms with Crippen molar-refractivity contribution in [3.05, 3.63) is 71.1 Å². The third-order valence-electron chi connectivity index (χ3n) is 4.83. The molecular weight excluding hydrogens is 309 g/mol. The second-order valence-electron chi connectivity index (χ2n) is 6.48. The van der Waals surface area contributed by atoms with Crippen molar-refractivity contribution in [1.29, 1.82) is 0 Å². The van der Waals surface area contributed by atoms with Crippen LogP contribution in [0.15, 0.2) is 42.5 Å². The van der Waals surface area contributed by atoms with Gasteiger partial charge in [-0.1, -0.05) is 18.2 Å². The van der Waals surface area contributed by atoms with Gasteiger partial charge >= 0.3 is 0 Å². The van der Waals surface area contributed by atoms with E-state index in [1.807, 2.05) is 6.92 Å². The molecule has 2 aromatic rings. The quantitative estimate of drug-likeness (QED) is 0.583. The minimum atomic E-state index is -0.950. The molecular formula is C21H21F3. The lowest BCUT2D eigenvalue weighted by molar-refractivity contribution is 0.429. The van der Waals surface area contributed by atoms with Gasteiger partial charge in [-0.25, -0.2) is 13.2 Å². The Bertz CT molecular complexity index is 762. The number of hydrogen-bond donors (Lipinski definition) is 0. The summed E-state index contributed by atoms with van der Waals surface area (Å²) in [4.78, 5) is 0. The lowest BCUT2D eigenvalue weighted by atomic mass is 9.80. The summed E-state index contributed by atoms with van der Waals surface area (Å²) >= 11 is 0. The van der Waals surface area contributed by atoms with Crippen LogP contribution in [0.4, 0.5) is 13.2 Å². The normalized spacial score (nSPS) is 17.2. The third kappa shape index (κ3) is 3.55. The minimum absolute atomic E-state index is 0.347. The molecule has 0 fully saturated rings. The van der Waals surface area contributed by atoms with Gasteiger partial charge in [-0.3, -0.25) is 0 Å². The van der Waals surface area contributed by atoms with Crippen molar-refractivity contribution in [3.8, 4) is 11.1 Å². The van der Waals surface area contributed by atoms with Crippen LogP contribution in [0.5, 0.6) is 0 Å². The maximum atomic E-state index is 14.5. The highest BCUT2D eigenvalue weighted by Gasteiger charge is 2.21. The van der Waals surface area contributed by atoms with Gasteiger partial charge in [0.2, 0.25) is 0 Å². The van der Waals surface area contributed by atoms with Gasteiger partial charge in [0.15, 0.2) is 11.6 Å². The Hall–Kier alpha value is -2.03. The van der Waals surface area contributed by atoms with Crippen molar-refractivity contribution < 1.29 is 13.2 Å². The molecule has 0 N–H and O–H groups in total. The number of aryl methyl sites for hydroxylation is 1. The maximum absolute atomic E-state index is 14.5. The molecule has 3 heteroatoms. The molecule has 3 rings (SSSR count). The summed E-state index contributed by atoms with van der Waals surface area (Å²) in [7, 11) is 0. The summed E-state index contributed by atoms with van der Waals surface area (Å²) in [5.41, 5.74) is 2.90. The lowest BCUT2D eigenvalue weighted by Crippen LogP contribution is -2.14. The van der Waals surface area contributed by atoms with Gasteiger partial charge in [0, 0.05) is 5.56 Å². The van der Waals surface area contributed by atoms with Gasteiger partial charge < -0.3 is 0 Å². The van der Waals surface area contributed by atoms with E-state index < -0.39 is 11.6 Å². The predicted molar refractivity (Wildman–Crippen MR) is 91.3 cm³/mol. The van der Waals surface area contributed by atoms with Crippen LogP contribution in [0, 0.1) is 23.4 Å². The van der Waals surface area contributed by atoms with Crippen LogP contribution in [0.3, 0.4) is 0 Å². The second-order valence-corrected chi connectivity index (χ2v) is 6.48. The van der Waals surface area contributed by atoms with E-state index in [0.717, 1.165) is 55.4 Å². The zero-order chi connectivity index (χ0) is 17.1. The zero-order valence-electron chi connectivity index (χ0n) is 13.8. The maximum Gasteiger partial charge on any atom is 0.159 e. The van der Waals surface area contributed by atoms with Gasteiger partial charge in [0.05, 0.1) is 0 Å². The summed E-state index contributed by atoms with van der Waals surface area (Å²) in [6.45, 7) is 2.02. The van der Waals surface area contributed by atoms with Gasteiger partial charge in [-0.15, -0.1) is 0 Å². The van der Waals surface area contributed by atoms with Gasteiger partial charge in [-0.2, -0.15) is 0 Å². The van der Waals surface area contributed by atoms with Crippen LogP contribution in [0.1, 0.15) is 37.3 Å². The average molecular weight is 330 g/mol. The fraction of sp³-hybridized carbons (Fsp3) is 0.333. The van der Waals surface area contributed by atoms with Crippen LogP contribution in [0.2, 0.25) is 0 Å². The molecule has 0 aromatic heterocycles. The van der Waals surface area contributed by atoms with E-state index in [2.05, 4.69) is 12.2 Å². The molecule has 24 heavy (non-hydrogen) atoms. The van der Waals surface area contributed by atoms with Gasteiger partial charge in [0.25, 0.3) is 0 Å². The van der Waals surface area contributed by atoms with E-state index in [0.29, 0.717) is 17.0 Å². The number of benzene rings is 2. The van der Waals surface area contributed by atoms with Crippen molar-refractivity contribution in [1.82, 2.24) is 0 Å². The lowest BCUT2D eigenvalue weighted by Gasteiger charge is -2.25. The Kier molecular flexibility index (Phi) is 5.08. The Morgan fingerprint density at radius 2 is 1.83 bits per heavy atom. The summed E-state index contributed by atoms with van der Waals surface area (Å²) < 4.78 is 41.0. The molecule has 1 unspecified atom stereocenters. The number of rotatable bonds is 4.